The number of aryl methyl sites for hydroxylation is 2. The first-order chi connectivity index (χ1) is 9.59. The zero-order chi connectivity index (χ0) is 14.3. The number of aromatic nitrogens is 1. The summed E-state index contributed by atoms with van der Waals surface area (Å²) in [6.45, 7) is 3.91. The lowest BCUT2D eigenvalue weighted by Crippen LogP contribution is -2.05. The van der Waals surface area contributed by atoms with E-state index in [2.05, 4.69) is 4.98 Å². The fraction of sp³-hybridized carbons (Fsp3) is 0.118. The van der Waals surface area contributed by atoms with Crippen molar-refractivity contribution in [3.8, 4) is 0 Å². The third kappa shape index (κ3) is 1.93. The fourth-order valence-electron chi connectivity index (χ4n) is 2.63. The summed E-state index contributed by atoms with van der Waals surface area (Å²) < 4.78 is 0. The van der Waals surface area contributed by atoms with Crippen LogP contribution in [0.3, 0.4) is 0 Å². The van der Waals surface area contributed by atoms with Crippen molar-refractivity contribution < 1.29 is 4.79 Å². The Morgan fingerprint density at radius 1 is 1.05 bits per heavy atom. The monoisotopic (exact) mass is 283 g/mol. The van der Waals surface area contributed by atoms with Crippen molar-refractivity contribution >= 4 is 28.3 Å². The second-order valence-electron chi connectivity index (χ2n) is 4.96. The van der Waals surface area contributed by atoms with Crippen LogP contribution in [0.4, 0.5) is 0 Å². The average Bonchev–Trinajstić information content (AvgIpc) is 2.83. The van der Waals surface area contributed by atoms with E-state index >= 15 is 0 Å². The van der Waals surface area contributed by atoms with Crippen LogP contribution < -0.4 is 0 Å². The minimum Gasteiger partial charge on any atom is -0.360 e. The zero-order valence-corrected chi connectivity index (χ0v) is 12.1. The van der Waals surface area contributed by atoms with Crippen LogP contribution in [-0.2, 0) is 0 Å². The molecule has 1 aromatic heterocycles. The predicted molar refractivity (Wildman–Crippen MR) is 82.7 cm³/mol. The Bertz CT molecular complexity index is 797. The van der Waals surface area contributed by atoms with E-state index in [0.717, 1.165) is 27.6 Å². The molecule has 0 unspecified atom stereocenters. The van der Waals surface area contributed by atoms with Crippen molar-refractivity contribution in [3.63, 3.8) is 0 Å². The SMILES string of the molecule is Cc1cccc(C)c1C(=O)c1c[nH]c2cccc(Cl)c12. The molecule has 0 amide bonds. The highest BCUT2D eigenvalue weighted by molar-refractivity contribution is 6.37. The molecule has 0 aliphatic rings. The quantitative estimate of drug-likeness (QED) is 0.681. The van der Waals surface area contributed by atoms with Gasteiger partial charge in [0.1, 0.15) is 0 Å². The Labute approximate surface area is 122 Å². The number of aromatic amines is 1. The van der Waals surface area contributed by atoms with Crippen molar-refractivity contribution in [2.75, 3.05) is 0 Å². The van der Waals surface area contributed by atoms with Crippen molar-refractivity contribution in [2.24, 2.45) is 0 Å². The van der Waals surface area contributed by atoms with Gasteiger partial charge in [-0.25, -0.2) is 0 Å². The van der Waals surface area contributed by atoms with Gasteiger partial charge in [-0.1, -0.05) is 35.9 Å². The summed E-state index contributed by atoms with van der Waals surface area (Å²) in [5, 5.41) is 1.39. The maximum absolute atomic E-state index is 12.8. The first kappa shape index (κ1) is 12.9. The number of nitrogens with one attached hydrogen (secondary N) is 1. The maximum Gasteiger partial charge on any atom is 0.195 e. The second-order valence-corrected chi connectivity index (χ2v) is 5.37. The molecular weight excluding hydrogens is 270 g/mol. The number of ketones is 1. The molecule has 0 bridgehead atoms. The second kappa shape index (κ2) is 4.80. The number of carbonyl (C=O) groups is 1. The lowest BCUT2D eigenvalue weighted by Gasteiger charge is -2.08. The van der Waals surface area contributed by atoms with E-state index < -0.39 is 0 Å². The molecule has 0 saturated heterocycles. The average molecular weight is 284 g/mol. The summed E-state index contributed by atoms with van der Waals surface area (Å²) in [6, 6.07) is 11.5. The minimum absolute atomic E-state index is 0.0138. The van der Waals surface area contributed by atoms with Gasteiger partial charge in [0, 0.05) is 28.2 Å². The summed E-state index contributed by atoms with van der Waals surface area (Å²) in [5.41, 5.74) is 4.23. The van der Waals surface area contributed by atoms with E-state index in [4.69, 9.17) is 11.6 Å². The molecule has 100 valence electrons. The van der Waals surface area contributed by atoms with Crippen molar-refractivity contribution in [1.29, 1.82) is 0 Å². The van der Waals surface area contributed by atoms with Gasteiger partial charge in [0.05, 0.1) is 5.02 Å². The lowest BCUT2D eigenvalue weighted by molar-refractivity contribution is 0.103. The third-order valence-corrected chi connectivity index (χ3v) is 3.92. The van der Waals surface area contributed by atoms with Crippen LogP contribution in [0.25, 0.3) is 10.9 Å². The van der Waals surface area contributed by atoms with E-state index in [-0.39, 0.29) is 5.78 Å². The zero-order valence-electron chi connectivity index (χ0n) is 11.3. The van der Waals surface area contributed by atoms with Crippen LogP contribution in [0.15, 0.2) is 42.6 Å². The molecule has 20 heavy (non-hydrogen) atoms. The summed E-state index contributed by atoms with van der Waals surface area (Å²) in [4.78, 5) is 15.9. The van der Waals surface area contributed by atoms with Crippen LogP contribution in [0.2, 0.25) is 5.02 Å². The smallest absolute Gasteiger partial charge is 0.195 e. The lowest BCUT2D eigenvalue weighted by atomic mass is 9.95. The Hall–Kier alpha value is -2.06. The van der Waals surface area contributed by atoms with Crippen LogP contribution in [0.1, 0.15) is 27.0 Å². The van der Waals surface area contributed by atoms with Crippen molar-refractivity contribution in [2.45, 2.75) is 13.8 Å². The fourth-order valence-corrected chi connectivity index (χ4v) is 2.90. The number of H-pyrrole nitrogens is 1. The molecule has 0 saturated carbocycles. The Morgan fingerprint density at radius 2 is 1.70 bits per heavy atom. The molecule has 0 atom stereocenters. The summed E-state index contributed by atoms with van der Waals surface area (Å²) in [6.07, 6.45) is 1.74. The molecule has 0 aliphatic heterocycles. The number of hydrogen-bond donors (Lipinski definition) is 1. The van der Waals surface area contributed by atoms with E-state index in [1.54, 1.807) is 12.3 Å². The van der Waals surface area contributed by atoms with E-state index in [1.807, 2.05) is 44.2 Å². The van der Waals surface area contributed by atoms with Crippen molar-refractivity contribution in [3.05, 3.63) is 69.9 Å². The van der Waals surface area contributed by atoms with Gasteiger partial charge in [-0.2, -0.15) is 0 Å². The number of halogens is 1. The number of hydrogen-bond acceptors (Lipinski definition) is 1. The van der Waals surface area contributed by atoms with Gasteiger partial charge < -0.3 is 4.98 Å². The van der Waals surface area contributed by atoms with Crippen LogP contribution >= 0.6 is 11.6 Å². The highest BCUT2D eigenvalue weighted by Crippen LogP contribution is 2.29. The predicted octanol–water partition coefficient (Wildman–Crippen LogP) is 4.67. The number of rotatable bonds is 2. The number of fused-ring (bicyclic) bond motifs is 1. The van der Waals surface area contributed by atoms with Gasteiger partial charge in [0.2, 0.25) is 0 Å². The first-order valence-electron chi connectivity index (χ1n) is 6.46. The van der Waals surface area contributed by atoms with Gasteiger partial charge in [-0.3, -0.25) is 4.79 Å². The van der Waals surface area contributed by atoms with Crippen LogP contribution in [-0.4, -0.2) is 10.8 Å². The Balaban J connectivity index is 2.24. The van der Waals surface area contributed by atoms with Crippen LogP contribution in [0.5, 0.6) is 0 Å². The maximum atomic E-state index is 12.8. The molecule has 2 nitrogen and oxygen atoms in total. The normalized spacial score (nSPS) is 10.9. The molecule has 0 aliphatic carbocycles. The molecule has 3 aromatic rings. The molecule has 1 N–H and O–H groups in total. The molecule has 0 radical (unpaired) electrons. The molecule has 0 spiro atoms. The van der Waals surface area contributed by atoms with Gasteiger partial charge in [-0.05, 0) is 37.1 Å². The summed E-state index contributed by atoms with van der Waals surface area (Å²) in [5.74, 6) is 0.0138. The Kier molecular flexibility index (Phi) is 3.11. The van der Waals surface area contributed by atoms with Gasteiger partial charge in [-0.15, -0.1) is 0 Å². The summed E-state index contributed by atoms with van der Waals surface area (Å²) >= 11 is 6.24. The molecular formula is C17H14ClNO. The highest BCUT2D eigenvalue weighted by atomic mass is 35.5. The summed E-state index contributed by atoms with van der Waals surface area (Å²) in [7, 11) is 0. The molecule has 1 heterocycles. The number of benzene rings is 2. The van der Waals surface area contributed by atoms with Gasteiger partial charge >= 0.3 is 0 Å². The standard InChI is InChI=1S/C17H14ClNO/c1-10-5-3-6-11(2)15(10)17(20)12-9-19-14-8-4-7-13(18)16(12)14/h3-9,19H,1-2H3. The Morgan fingerprint density at radius 3 is 2.40 bits per heavy atom. The van der Waals surface area contributed by atoms with Gasteiger partial charge in [0.15, 0.2) is 5.78 Å². The molecule has 0 fully saturated rings. The minimum atomic E-state index is 0.0138. The number of carbonyl (C=O) groups excluding carboxylic acids is 1. The van der Waals surface area contributed by atoms with Gasteiger partial charge in [0.25, 0.3) is 0 Å². The topological polar surface area (TPSA) is 32.9 Å². The van der Waals surface area contributed by atoms with Crippen molar-refractivity contribution in [1.82, 2.24) is 4.98 Å². The largest absolute Gasteiger partial charge is 0.360 e. The van der Waals surface area contributed by atoms with E-state index in [0.29, 0.717) is 10.6 Å². The molecule has 3 rings (SSSR count). The van der Waals surface area contributed by atoms with Crippen LogP contribution in [0, 0.1) is 13.8 Å². The third-order valence-electron chi connectivity index (χ3n) is 3.61. The highest BCUT2D eigenvalue weighted by Gasteiger charge is 2.19. The van der Waals surface area contributed by atoms with E-state index in [1.165, 1.54) is 0 Å². The first-order valence-corrected chi connectivity index (χ1v) is 6.84. The molecule has 2 aromatic carbocycles. The van der Waals surface area contributed by atoms with E-state index in [9.17, 15) is 4.79 Å². The molecule has 3 heteroatoms.